The molecule has 126 valence electrons. The topological polar surface area (TPSA) is 59.8 Å². The van der Waals surface area contributed by atoms with Crippen molar-refractivity contribution >= 4 is 11.9 Å². The molecule has 1 aromatic rings. The van der Waals surface area contributed by atoms with Gasteiger partial charge in [-0.1, -0.05) is 0 Å². The number of amides is 1. The molecule has 2 saturated heterocycles. The third-order valence-corrected chi connectivity index (χ3v) is 4.64. The Balaban J connectivity index is 1.44. The van der Waals surface area contributed by atoms with E-state index in [1.54, 1.807) is 0 Å². The fourth-order valence-electron chi connectivity index (χ4n) is 3.40. The fraction of sp³-hybridized carbons (Fsp3) is 0.750. The average molecular weight is 320 g/mol. The van der Waals surface area contributed by atoms with Gasteiger partial charge in [-0.2, -0.15) is 5.10 Å². The summed E-state index contributed by atoms with van der Waals surface area (Å²) in [5.74, 6) is 1.15. The number of rotatable bonds is 2. The van der Waals surface area contributed by atoms with Crippen LogP contribution in [0.4, 0.5) is 10.6 Å². The van der Waals surface area contributed by atoms with Crippen molar-refractivity contribution in [3.63, 3.8) is 0 Å². The summed E-state index contributed by atoms with van der Waals surface area (Å²) in [7, 11) is 0. The van der Waals surface area contributed by atoms with Gasteiger partial charge in [-0.05, 0) is 27.2 Å². The van der Waals surface area contributed by atoms with E-state index >= 15 is 0 Å². The van der Waals surface area contributed by atoms with Crippen LogP contribution < -0.4 is 4.90 Å². The molecule has 3 fully saturated rings. The molecule has 3 aliphatic rings. The molecule has 4 rings (SSSR count). The van der Waals surface area contributed by atoms with E-state index in [9.17, 15) is 4.79 Å². The highest BCUT2D eigenvalue weighted by atomic mass is 16.6. The van der Waals surface area contributed by atoms with Gasteiger partial charge >= 0.3 is 6.09 Å². The van der Waals surface area contributed by atoms with Crippen LogP contribution in [-0.4, -0.2) is 64.8 Å². The normalized spacial score (nSPS) is 27.4. The zero-order chi connectivity index (χ0) is 16.2. The van der Waals surface area contributed by atoms with Crippen molar-refractivity contribution in [1.29, 1.82) is 0 Å². The lowest BCUT2D eigenvalue weighted by Gasteiger charge is -2.37. The first-order valence-electron chi connectivity index (χ1n) is 8.31. The van der Waals surface area contributed by atoms with Gasteiger partial charge in [0.25, 0.3) is 0 Å². The van der Waals surface area contributed by atoms with Gasteiger partial charge in [0.05, 0.1) is 31.5 Å². The van der Waals surface area contributed by atoms with Gasteiger partial charge in [-0.15, -0.1) is 0 Å². The minimum Gasteiger partial charge on any atom is -0.444 e. The smallest absolute Gasteiger partial charge is 0.410 e. The first kappa shape index (κ1) is 14.8. The molecular formula is C16H24N4O3. The van der Waals surface area contributed by atoms with Crippen molar-refractivity contribution in [2.45, 2.75) is 50.9 Å². The van der Waals surface area contributed by atoms with Crippen LogP contribution >= 0.6 is 0 Å². The summed E-state index contributed by atoms with van der Waals surface area (Å²) >= 11 is 0. The van der Waals surface area contributed by atoms with Gasteiger partial charge in [0, 0.05) is 19.2 Å². The Morgan fingerprint density at radius 1 is 1.30 bits per heavy atom. The summed E-state index contributed by atoms with van der Waals surface area (Å²) in [4.78, 5) is 16.6. The Labute approximate surface area is 136 Å². The van der Waals surface area contributed by atoms with Crippen molar-refractivity contribution in [2.75, 3.05) is 31.2 Å². The number of carbonyl (C=O) groups excluding carboxylic acids is 1. The highest BCUT2D eigenvalue weighted by Gasteiger charge is 2.52. The predicted molar refractivity (Wildman–Crippen MR) is 84.6 cm³/mol. The van der Waals surface area contributed by atoms with Crippen molar-refractivity contribution < 1.29 is 14.3 Å². The largest absolute Gasteiger partial charge is 0.444 e. The third-order valence-electron chi connectivity index (χ3n) is 4.64. The third kappa shape index (κ3) is 2.67. The minimum absolute atomic E-state index is 0.189. The summed E-state index contributed by atoms with van der Waals surface area (Å²) in [6.07, 6.45) is 2.67. The van der Waals surface area contributed by atoms with Crippen LogP contribution in [0.1, 0.15) is 33.2 Å². The standard InChI is InChI=1S/C16H24N4O3/c1-16(2,3)23-15(21)19-7-6-18(12-8-13(12)19)14-4-5-17-20(14)11-9-22-10-11/h4-5,11-13H,6-10H2,1-3H3. The van der Waals surface area contributed by atoms with E-state index in [0.717, 1.165) is 32.0 Å². The molecule has 23 heavy (non-hydrogen) atoms. The molecule has 3 heterocycles. The zero-order valence-corrected chi connectivity index (χ0v) is 13.9. The second-order valence-electron chi connectivity index (χ2n) is 7.56. The molecule has 1 aromatic heterocycles. The molecule has 0 bridgehead atoms. The van der Waals surface area contributed by atoms with Gasteiger partial charge in [0.2, 0.25) is 0 Å². The Bertz CT molecular complexity index is 605. The molecule has 7 nitrogen and oxygen atoms in total. The maximum atomic E-state index is 12.3. The number of hydrogen-bond acceptors (Lipinski definition) is 5. The summed E-state index contributed by atoms with van der Waals surface area (Å²) in [6, 6.07) is 3.06. The number of hydrogen-bond donors (Lipinski definition) is 0. The fourth-order valence-corrected chi connectivity index (χ4v) is 3.40. The molecule has 2 atom stereocenters. The van der Waals surface area contributed by atoms with E-state index in [2.05, 4.69) is 20.7 Å². The van der Waals surface area contributed by atoms with Crippen LogP contribution in [-0.2, 0) is 9.47 Å². The second kappa shape index (κ2) is 5.12. The van der Waals surface area contributed by atoms with E-state index in [-0.39, 0.29) is 12.1 Å². The summed E-state index contributed by atoms with van der Waals surface area (Å²) < 4.78 is 12.9. The van der Waals surface area contributed by atoms with Gasteiger partial charge < -0.3 is 19.3 Å². The molecule has 1 aliphatic carbocycles. The Morgan fingerprint density at radius 3 is 2.74 bits per heavy atom. The molecule has 1 amide bonds. The van der Waals surface area contributed by atoms with E-state index in [4.69, 9.17) is 9.47 Å². The van der Waals surface area contributed by atoms with Crippen molar-refractivity contribution in [3.8, 4) is 0 Å². The average Bonchev–Trinajstić information content (AvgIpc) is 3.06. The van der Waals surface area contributed by atoms with Crippen molar-refractivity contribution in [3.05, 3.63) is 12.3 Å². The Morgan fingerprint density at radius 2 is 2.09 bits per heavy atom. The van der Waals surface area contributed by atoms with Gasteiger partial charge in [-0.25, -0.2) is 9.48 Å². The predicted octanol–water partition coefficient (Wildman–Crippen LogP) is 1.65. The van der Waals surface area contributed by atoms with E-state index in [1.165, 1.54) is 0 Å². The highest BCUT2D eigenvalue weighted by Crippen LogP contribution is 2.40. The summed E-state index contributed by atoms with van der Waals surface area (Å²) in [5.41, 5.74) is -0.443. The van der Waals surface area contributed by atoms with Crippen LogP contribution in [0.25, 0.3) is 0 Å². The van der Waals surface area contributed by atoms with Crippen LogP contribution in [0.5, 0.6) is 0 Å². The Kier molecular flexibility index (Phi) is 3.30. The SMILES string of the molecule is CC(C)(C)OC(=O)N1CCN(c2ccnn2C2COC2)C2CC21. The zero-order valence-electron chi connectivity index (χ0n) is 13.9. The number of carbonyl (C=O) groups is 1. The first-order valence-corrected chi connectivity index (χ1v) is 8.31. The Hall–Kier alpha value is -1.76. The van der Waals surface area contributed by atoms with Gasteiger partial charge in [0.15, 0.2) is 0 Å². The first-order chi connectivity index (χ1) is 10.9. The van der Waals surface area contributed by atoms with Crippen molar-refractivity contribution in [1.82, 2.24) is 14.7 Å². The summed E-state index contributed by atoms with van der Waals surface area (Å²) in [5, 5.41) is 4.46. The van der Waals surface area contributed by atoms with Crippen LogP contribution in [0.15, 0.2) is 12.3 Å². The number of anilines is 1. The number of nitrogens with zero attached hydrogens (tertiary/aromatic N) is 4. The molecule has 2 aliphatic heterocycles. The number of piperazine rings is 1. The monoisotopic (exact) mass is 320 g/mol. The van der Waals surface area contributed by atoms with Gasteiger partial charge in [0.1, 0.15) is 17.5 Å². The molecule has 0 N–H and O–H groups in total. The maximum Gasteiger partial charge on any atom is 0.410 e. The quantitative estimate of drug-likeness (QED) is 0.829. The maximum absolute atomic E-state index is 12.3. The lowest BCUT2D eigenvalue weighted by atomic mass is 10.2. The van der Waals surface area contributed by atoms with Crippen LogP contribution in [0.3, 0.4) is 0 Å². The molecule has 0 aromatic carbocycles. The molecular weight excluding hydrogens is 296 g/mol. The summed E-state index contributed by atoms with van der Waals surface area (Å²) in [6.45, 7) is 8.71. The van der Waals surface area contributed by atoms with Crippen LogP contribution in [0, 0.1) is 0 Å². The minimum atomic E-state index is -0.443. The number of fused-ring (bicyclic) bond motifs is 1. The van der Waals surface area contributed by atoms with E-state index in [1.807, 2.05) is 31.9 Å². The van der Waals surface area contributed by atoms with E-state index in [0.29, 0.717) is 18.6 Å². The lowest BCUT2D eigenvalue weighted by Crippen LogP contribution is -2.51. The van der Waals surface area contributed by atoms with E-state index < -0.39 is 5.60 Å². The molecule has 0 spiro atoms. The molecule has 7 heteroatoms. The molecule has 1 saturated carbocycles. The lowest BCUT2D eigenvalue weighted by molar-refractivity contribution is -0.0281. The van der Waals surface area contributed by atoms with Crippen LogP contribution in [0.2, 0.25) is 0 Å². The number of ether oxygens (including phenoxy) is 2. The highest BCUT2D eigenvalue weighted by molar-refractivity contribution is 5.70. The van der Waals surface area contributed by atoms with Crippen molar-refractivity contribution in [2.24, 2.45) is 0 Å². The number of aromatic nitrogens is 2. The molecule has 0 radical (unpaired) electrons. The second-order valence-corrected chi connectivity index (χ2v) is 7.56. The molecule has 2 unspecified atom stereocenters. The van der Waals surface area contributed by atoms with Gasteiger partial charge in [-0.3, -0.25) is 0 Å².